The molecule has 65 heavy (non-hydrogen) atoms. The molecule has 3 aromatic heterocycles. The molecular formula is C44H63N15O5S. The van der Waals surface area contributed by atoms with Crippen molar-refractivity contribution in [3.8, 4) is 10.4 Å². The van der Waals surface area contributed by atoms with Crippen LogP contribution in [0.5, 0.6) is 0 Å². The fourth-order valence-electron chi connectivity index (χ4n) is 8.15. The number of β-amino-alcohol motifs (C(OH)–C–C–N with tert-alkyl or cyclic N) is 1. The quantitative estimate of drug-likeness (QED) is 0.0908. The van der Waals surface area contributed by atoms with Gasteiger partial charge in [-0.25, -0.2) is 4.98 Å². The van der Waals surface area contributed by atoms with Crippen molar-refractivity contribution in [2.75, 3.05) is 61.5 Å². The number of aromatic amines is 1. The monoisotopic (exact) mass is 913 g/mol. The fraction of sp³-hybridized carbons (Fsp3) is 0.614. The Kier molecular flexibility index (Phi) is 15.2. The Morgan fingerprint density at radius 2 is 1.66 bits per heavy atom. The van der Waals surface area contributed by atoms with E-state index in [0.29, 0.717) is 75.2 Å². The van der Waals surface area contributed by atoms with E-state index >= 15 is 0 Å². The third-order valence-corrected chi connectivity index (χ3v) is 13.3. The number of likely N-dealkylation sites (tertiary alicyclic amines) is 1. The van der Waals surface area contributed by atoms with Gasteiger partial charge in [-0.3, -0.25) is 19.2 Å². The molecule has 0 unspecified atom stereocenters. The number of anilines is 3. The normalized spacial score (nSPS) is 18.3. The molecule has 0 spiro atoms. The summed E-state index contributed by atoms with van der Waals surface area (Å²) < 4.78 is 0. The predicted molar refractivity (Wildman–Crippen MR) is 246 cm³/mol. The summed E-state index contributed by atoms with van der Waals surface area (Å²) in [5.74, 6) is 1.40. The largest absolute Gasteiger partial charge is 0.391 e. The lowest BCUT2D eigenvalue weighted by Gasteiger charge is -2.35. The van der Waals surface area contributed by atoms with Crippen LogP contribution in [0.25, 0.3) is 10.4 Å². The van der Waals surface area contributed by atoms with Gasteiger partial charge in [0.15, 0.2) is 5.82 Å². The second-order valence-electron chi connectivity index (χ2n) is 18.7. The Bertz CT molecular complexity index is 2240. The third kappa shape index (κ3) is 12.7. The van der Waals surface area contributed by atoms with Crippen LogP contribution in [0.2, 0.25) is 0 Å². The number of hydrogen-bond acceptors (Lipinski definition) is 16. The molecule has 4 aromatic rings. The topological polar surface area (TPSA) is 244 Å². The van der Waals surface area contributed by atoms with Crippen molar-refractivity contribution in [2.24, 2.45) is 11.3 Å². The van der Waals surface area contributed by atoms with Gasteiger partial charge in [0.1, 0.15) is 12.1 Å². The summed E-state index contributed by atoms with van der Waals surface area (Å²) in [7, 11) is 3.78. The number of carbonyl (C=O) groups excluding carboxylic acids is 4. The molecule has 0 bridgehead atoms. The minimum Gasteiger partial charge on any atom is -0.391 e. The van der Waals surface area contributed by atoms with Gasteiger partial charge in [0.25, 0.3) is 0 Å². The number of aryl methyl sites for hydroxylation is 1. The Morgan fingerprint density at radius 3 is 2.29 bits per heavy atom. The van der Waals surface area contributed by atoms with Crippen molar-refractivity contribution in [1.29, 1.82) is 0 Å². The maximum absolute atomic E-state index is 14.2. The molecule has 3 atom stereocenters. The average molecular weight is 914 g/mol. The first kappa shape index (κ1) is 47.1. The van der Waals surface area contributed by atoms with E-state index < -0.39 is 23.6 Å². The number of piperidine rings is 1. The molecule has 350 valence electrons. The summed E-state index contributed by atoms with van der Waals surface area (Å²) in [5, 5.41) is 33.9. The zero-order valence-electron chi connectivity index (χ0n) is 38.3. The zero-order valence-corrected chi connectivity index (χ0v) is 39.1. The van der Waals surface area contributed by atoms with Gasteiger partial charge in [-0.2, -0.15) is 20.2 Å². The van der Waals surface area contributed by atoms with E-state index in [1.165, 1.54) is 4.90 Å². The molecule has 1 aromatic carbocycles. The van der Waals surface area contributed by atoms with Crippen molar-refractivity contribution in [2.45, 2.75) is 116 Å². The molecule has 20 nitrogen and oxygen atoms in total. The van der Waals surface area contributed by atoms with Gasteiger partial charge < -0.3 is 40.7 Å². The van der Waals surface area contributed by atoms with Crippen LogP contribution >= 0.6 is 11.3 Å². The van der Waals surface area contributed by atoms with Crippen LogP contribution in [-0.4, -0.2) is 145 Å². The highest BCUT2D eigenvalue weighted by Gasteiger charge is 2.44. The van der Waals surface area contributed by atoms with Gasteiger partial charge >= 0.3 is 0 Å². The number of rotatable bonds is 19. The Morgan fingerprint density at radius 1 is 0.954 bits per heavy atom. The number of H-pyrrole nitrogens is 1. The number of benzene rings is 1. The number of nitrogens with one attached hydrogen (secondary N) is 4. The van der Waals surface area contributed by atoms with Crippen LogP contribution in [0.3, 0.4) is 0 Å². The van der Waals surface area contributed by atoms with Gasteiger partial charge in [-0.1, -0.05) is 50.3 Å². The SMILES string of the molecule is Cc1ncsc1-c1ccc(CNC(=O)[C@@H]2C[C@@H](O)CN2C(=O)[C@@H](NC(=O)CCC2CCN(c3nc(N(C)CCC(=O)NC4CC4)nc(N(C)CCc4nn[nH]n4)n3)CC2)C(C)(C)C)cc1. The standard InChI is InChI=1S/C44H63N15O5S/c1-27-37(65-26-46-27)30-10-7-29(8-11-30)24-45-39(63)33-23-32(60)25-59(33)40(64)38(44(2,3)4)48-35(61)14-9-28-15-21-58(22-16-28)43-50-41(56(5)19-17-34-52-54-55-53-34)49-42(51-43)57(6)20-18-36(62)47-31-12-13-31/h7-8,10-11,26,28,31-33,38,60H,9,12-25H2,1-6H3,(H,45,63)(H,47,62)(H,48,61)(H,52,53,54,55)/t32-,33+,38-/m1/s1. The maximum atomic E-state index is 14.2. The summed E-state index contributed by atoms with van der Waals surface area (Å²) in [6.45, 7) is 10.3. The van der Waals surface area contributed by atoms with Crippen molar-refractivity contribution < 1.29 is 24.3 Å². The van der Waals surface area contributed by atoms with Crippen LogP contribution in [0.1, 0.15) is 89.2 Å². The molecule has 5 heterocycles. The van der Waals surface area contributed by atoms with E-state index in [-0.39, 0.29) is 55.5 Å². The van der Waals surface area contributed by atoms with Gasteiger partial charge in [0, 0.05) is 85.1 Å². The minimum absolute atomic E-state index is 0.00932. The molecule has 0 radical (unpaired) electrons. The number of hydrogen-bond donors (Lipinski definition) is 5. The molecule has 2 aliphatic heterocycles. The minimum atomic E-state index is -0.900. The Labute approximate surface area is 383 Å². The molecule has 7 rings (SSSR count). The summed E-state index contributed by atoms with van der Waals surface area (Å²) in [6, 6.07) is 6.45. The lowest BCUT2D eigenvalue weighted by Crippen LogP contribution is -2.57. The van der Waals surface area contributed by atoms with E-state index in [1.807, 2.05) is 81.4 Å². The molecule has 3 aliphatic rings. The van der Waals surface area contributed by atoms with Crippen LogP contribution in [0.4, 0.5) is 17.8 Å². The lowest BCUT2D eigenvalue weighted by atomic mass is 9.85. The Balaban J connectivity index is 0.918. The summed E-state index contributed by atoms with van der Waals surface area (Å²) in [4.78, 5) is 81.1. The van der Waals surface area contributed by atoms with Gasteiger partial charge in [-0.15, -0.1) is 21.5 Å². The predicted octanol–water partition coefficient (Wildman–Crippen LogP) is 2.41. The fourth-order valence-corrected chi connectivity index (χ4v) is 8.96. The first-order valence-electron chi connectivity index (χ1n) is 22.6. The van der Waals surface area contributed by atoms with E-state index in [9.17, 15) is 24.3 Å². The molecule has 4 amide bonds. The van der Waals surface area contributed by atoms with Gasteiger partial charge in [0.05, 0.1) is 22.2 Å². The molecule has 1 aliphatic carbocycles. The van der Waals surface area contributed by atoms with Crippen LogP contribution in [0, 0.1) is 18.3 Å². The number of amides is 4. The highest BCUT2D eigenvalue weighted by atomic mass is 32.1. The number of tetrazole rings is 1. The second-order valence-corrected chi connectivity index (χ2v) is 19.5. The first-order chi connectivity index (χ1) is 31.1. The number of carbonyl (C=O) groups is 4. The number of aliphatic hydroxyl groups excluding tert-OH is 1. The molecule has 1 saturated carbocycles. The van der Waals surface area contributed by atoms with Gasteiger partial charge in [-0.05, 0) is 61.5 Å². The van der Waals surface area contributed by atoms with E-state index in [4.69, 9.17) is 15.0 Å². The maximum Gasteiger partial charge on any atom is 0.246 e. The number of thiazole rings is 1. The summed E-state index contributed by atoms with van der Waals surface area (Å²) >= 11 is 1.58. The third-order valence-electron chi connectivity index (χ3n) is 12.3. The zero-order chi connectivity index (χ0) is 46.3. The summed E-state index contributed by atoms with van der Waals surface area (Å²) in [5.41, 5.74) is 4.09. The smallest absolute Gasteiger partial charge is 0.246 e. The van der Waals surface area contributed by atoms with Crippen LogP contribution in [-0.2, 0) is 32.1 Å². The number of aromatic nitrogens is 8. The van der Waals surface area contributed by atoms with Crippen molar-refractivity contribution >= 4 is 52.8 Å². The van der Waals surface area contributed by atoms with Crippen molar-refractivity contribution in [1.82, 2.24) is 61.4 Å². The number of likely N-dealkylation sites (N-methyl/N-ethyl adjacent to an activating group) is 1. The highest BCUT2D eigenvalue weighted by molar-refractivity contribution is 7.13. The van der Waals surface area contributed by atoms with Gasteiger partial charge in [0.2, 0.25) is 41.5 Å². The van der Waals surface area contributed by atoms with E-state index in [2.05, 4.69) is 46.5 Å². The molecule has 2 saturated heterocycles. The number of aliphatic hydroxyl groups is 1. The summed E-state index contributed by atoms with van der Waals surface area (Å²) in [6.07, 6.45) is 4.69. The van der Waals surface area contributed by atoms with Crippen molar-refractivity contribution in [3.63, 3.8) is 0 Å². The first-order valence-corrected chi connectivity index (χ1v) is 23.5. The molecular weight excluding hydrogens is 851 g/mol. The molecule has 21 heteroatoms. The molecule has 3 fully saturated rings. The average Bonchev–Trinajstić information content (AvgIpc) is 3.58. The van der Waals surface area contributed by atoms with Crippen molar-refractivity contribution in [3.05, 3.63) is 46.9 Å². The second kappa shape index (κ2) is 21.0. The number of nitrogens with zero attached hydrogens (tertiary/aromatic N) is 11. The Hall–Kier alpha value is -5.83. The van der Waals surface area contributed by atoms with E-state index in [0.717, 1.165) is 47.4 Å². The highest BCUT2D eigenvalue weighted by Crippen LogP contribution is 2.30. The van der Waals surface area contributed by atoms with E-state index in [1.54, 1.807) is 11.3 Å². The van der Waals surface area contributed by atoms with Crippen LogP contribution < -0.4 is 30.7 Å². The lowest BCUT2D eigenvalue weighted by molar-refractivity contribution is -0.144. The van der Waals surface area contributed by atoms with Crippen LogP contribution in [0.15, 0.2) is 29.8 Å². The molecule has 5 N–H and O–H groups in total.